The number of carbonyl (C=O) groups is 2. The molecule has 0 aliphatic carbocycles. The molecule has 3 aromatic heterocycles. The highest BCUT2D eigenvalue weighted by Crippen LogP contribution is 2.28. The van der Waals surface area contributed by atoms with Crippen molar-refractivity contribution in [3.05, 3.63) is 78.2 Å². The summed E-state index contributed by atoms with van der Waals surface area (Å²) in [6.07, 6.45) is 2.50. The van der Waals surface area contributed by atoms with Crippen LogP contribution in [0, 0.1) is 0 Å². The van der Waals surface area contributed by atoms with Gasteiger partial charge < -0.3 is 19.7 Å². The van der Waals surface area contributed by atoms with Gasteiger partial charge in [-0.3, -0.25) is 14.6 Å². The van der Waals surface area contributed by atoms with E-state index in [9.17, 15) is 18.4 Å². The normalized spacial score (nSPS) is 11.0. The lowest BCUT2D eigenvalue weighted by atomic mass is 10.2. The molecule has 180 valence electrons. The molecule has 10 nitrogen and oxygen atoms in total. The van der Waals surface area contributed by atoms with Gasteiger partial charge >= 0.3 is 0 Å². The molecule has 0 radical (unpaired) electrons. The largest absolute Gasteiger partial charge is 0.444 e. The highest BCUT2D eigenvalue weighted by atomic mass is 19.3. The zero-order valence-electron chi connectivity index (χ0n) is 18.4. The van der Waals surface area contributed by atoms with Crippen LogP contribution in [0.25, 0.3) is 17.1 Å². The second kappa shape index (κ2) is 10.2. The Kier molecular flexibility index (Phi) is 6.92. The van der Waals surface area contributed by atoms with Gasteiger partial charge in [0.25, 0.3) is 18.2 Å². The molecule has 0 saturated heterocycles. The van der Waals surface area contributed by atoms with Crippen molar-refractivity contribution >= 4 is 17.5 Å². The summed E-state index contributed by atoms with van der Waals surface area (Å²) in [5.41, 5.74) is 0.440. The number of aromatic nitrogens is 4. The fourth-order valence-electron chi connectivity index (χ4n) is 3.20. The van der Waals surface area contributed by atoms with E-state index in [1.165, 1.54) is 40.0 Å². The third kappa shape index (κ3) is 5.22. The van der Waals surface area contributed by atoms with Crippen LogP contribution in [-0.2, 0) is 0 Å². The first-order valence-electron chi connectivity index (χ1n) is 10.4. The van der Waals surface area contributed by atoms with Crippen LogP contribution in [0.2, 0.25) is 0 Å². The molecule has 0 saturated carbocycles. The number of alkyl halides is 2. The smallest absolute Gasteiger partial charge is 0.284 e. The molecule has 4 rings (SSSR count). The second-order valence-corrected chi connectivity index (χ2v) is 7.40. The first-order chi connectivity index (χ1) is 16.9. The molecule has 0 spiro atoms. The van der Waals surface area contributed by atoms with Gasteiger partial charge in [0.15, 0.2) is 11.4 Å². The number of rotatable bonds is 8. The Morgan fingerprint density at radius 3 is 2.54 bits per heavy atom. The number of aliphatic hydroxyl groups excluding tert-OH is 1. The minimum absolute atomic E-state index is 0.0976. The molecule has 2 amide bonds. The molecular formula is C23H20F2N6O4. The van der Waals surface area contributed by atoms with E-state index in [2.05, 4.69) is 20.4 Å². The van der Waals surface area contributed by atoms with E-state index < -0.39 is 18.0 Å². The number of nitrogens with zero attached hydrogens (tertiary/aromatic N) is 5. The van der Waals surface area contributed by atoms with E-state index in [0.717, 1.165) is 6.26 Å². The van der Waals surface area contributed by atoms with Gasteiger partial charge in [0, 0.05) is 37.1 Å². The highest BCUT2D eigenvalue weighted by molar-refractivity contribution is 6.03. The lowest BCUT2D eigenvalue weighted by molar-refractivity contribution is 0.0766. The Bertz CT molecular complexity index is 1320. The summed E-state index contributed by atoms with van der Waals surface area (Å²) in [7, 11) is 1.55. The summed E-state index contributed by atoms with van der Waals surface area (Å²) in [5, 5.41) is 15.3. The Morgan fingerprint density at radius 1 is 1.17 bits per heavy atom. The van der Waals surface area contributed by atoms with Gasteiger partial charge in [-0.1, -0.05) is 0 Å². The monoisotopic (exact) mass is 482 g/mol. The fraction of sp³-hybridized carbons (Fsp3) is 0.174. The maximum atomic E-state index is 13.6. The van der Waals surface area contributed by atoms with Crippen molar-refractivity contribution in [3.8, 4) is 17.1 Å². The van der Waals surface area contributed by atoms with Crippen LogP contribution in [0.1, 0.15) is 33.0 Å². The zero-order chi connectivity index (χ0) is 24.9. The van der Waals surface area contributed by atoms with E-state index in [1.807, 2.05) is 0 Å². The first kappa shape index (κ1) is 23.7. The van der Waals surface area contributed by atoms with Crippen LogP contribution in [0.15, 0.2) is 65.7 Å². The molecule has 0 fully saturated rings. The quantitative estimate of drug-likeness (QED) is 0.395. The standard InChI is InChI=1S/C23H20F2N6O4/c1-30(10-11-32)23(34)15-2-4-16(5-3-15)31-12-17(19(29-31)20(24)25)27-21(33)18-13-35-22(28-18)14-6-8-26-9-7-14/h2-9,12-13,20,32H,10-11H2,1H3,(H,27,33). The molecule has 0 atom stereocenters. The summed E-state index contributed by atoms with van der Waals surface area (Å²) in [6.45, 7) is 0.00795. The average molecular weight is 482 g/mol. The number of amides is 2. The minimum atomic E-state index is -2.95. The van der Waals surface area contributed by atoms with Crippen LogP contribution in [0.4, 0.5) is 14.5 Å². The maximum absolute atomic E-state index is 13.6. The summed E-state index contributed by atoms with van der Waals surface area (Å²) in [4.78, 5) is 34.3. The van der Waals surface area contributed by atoms with E-state index in [0.29, 0.717) is 16.8 Å². The van der Waals surface area contributed by atoms with Gasteiger partial charge in [-0.25, -0.2) is 18.4 Å². The molecule has 1 aromatic carbocycles. The molecule has 0 aliphatic heterocycles. The average Bonchev–Trinajstić information content (AvgIpc) is 3.52. The summed E-state index contributed by atoms with van der Waals surface area (Å²) < 4.78 is 33.7. The molecule has 4 aromatic rings. The van der Waals surface area contributed by atoms with Gasteiger partial charge in [-0.15, -0.1) is 0 Å². The maximum Gasteiger partial charge on any atom is 0.284 e. The van der Waals surface area contributed by atoms with Crippen molar-refractivity contribution in [2.75, 3.05) is 25.5 Å². The number of anilines is 1. The van der Waals surface area contributed by atoms with Crippen LogP contribution in [-0.4, -0.2) is 61.8 Å². The van der Waals surface area contributed by atoms with Gasteiger partial charge in [0.05, 0.1) is 24.2 Å². The third-order valence-corrected chi connectivity index (χ3v) is 5.02. The summed E-state index contributed by atoms with van der Waals surface area (Å²) >= 11 is 0. The van der Waals surface area contributed by atoms with E-state index in [4.69, 9.17) is 9.52 Å². The topological polar surface area (TPSA) is 126 Å². The highest BCUT2D eigenvalue weighted by Gasteiger charge is 2.23. The molecule has 3 heterocycles. The van der Waals surface area contributed by atoms with Crippen molar-refractivity contribution in [1.29, 1.82) is 0 Å². The van der Waals surface area contributed by atoms with Crippen molar-refractivity contribution in [3.63, 3.8) is 0 Å². The van der Waals surface area contributed by atoms with Crippen LogP contribution in [0.5, 0.6) is 0 Å². The second-order valence-electron chi connectivity index (χ2n) is 7.40. The summed E-state index contributed by atoms with van der Waals surface area (Å²) in [5.74, 6) is -0.865. The number of benzene rings is 1. The van der Waals surface area contributed by atoms with Crippen LogP contribution < -0.4 is 5.32 Å². The Hall–Kier alpha value is -4.45. The molecule has 0 bridgehead atoms. The van der Waals surface area contributed by atoms with Gasteiger partial charge in [0.1, 0.15) is 6.26 Å². The number of oxazole rings is 1. The van der Waals surface area contributed by atoms with Crippen molar-refractivity contribution in [2.24, 2.45) is 0 Å². The van der Waals surface area contributed by atoms with Crippen LogP contribution >= 0.6 is 0 Å². The number of likely N-dealkylation sites (N-methyl/N-ethyl adjacent to an activating group) is 1. The molecule has 0 unspecified atom stereocenters. The van der Waals surface area contributed by atoms with Crippen molar-refractivity contribution < 1.29 is 27.9 Å². The molecular weight excluding hydrogens is 462 g/mol. The lowest BCUT2D eigenvalue weighted by Gasteiger charge is -2.15. The van der Waals surface area contributed by atoms with E-state index in [-0.39, 0.29) is 36.3 Å². The number of aliphatic hydroxyl groups is 1. The van der Waals surface area contributed by atoms with Crippen LogP contribution in [0.3, 0.4) is 0 Å². The van der Waals surface area contributed by atoms with Crippen molar-refractivity contribution in [1.82, 2.24) is 24.6 Å². The molecule has 12 heteroatoms. The van der Waals surface area contributed by atoms with Gasteiger partial charge in [-0.05, 0) is 36.4 Å². The fourth-order valence-corrected chi connectivity index (χ4v) is 3.20. The summed E-state index contributed by atoms with van der Waals surface area (Å²) in [6, 6.07) is 9.40. The number of halogens is 2. The Labute approximate surface area is 197 Å². The number of hydrogen-bond acceptors (Lipinski definition) is 7. The predicted molar refractivity (Wildman–Crippen MR) is 120 cm³/mol. The first-order valence-corrected chi connectivity index (χ1v) is 10.4. The number of carbonyl (C=O) groups excluding carboxylic acids is 2. The predicted octanol–water partition coefficient (Wildman–Crippen LogP) is 3.18. The lowest BCUT2D eigenvalue weighted by Crippen LogP contribution is -2.29. The Balaban J connectivity index is 1.54. The van der Waals surface area contributed by atoms with E-state index in [1.54, 1.807) is 31.6 Å². The van der Waals surface area contributed by atoms with E-state index >= 15 is 0 Å². The van der Waals surface area contributed by atoms with Gasteiger partial charge in [-0.2, -0.15) is 5.10 Å². The number of hydrogen-bond donors (Lipinski definition) is 2. The number of nitrogens with one attached hydrogen (secondary N) is 1. The molecule has 35 heavy (non-hydrogen) atoms. The SMILES string of the molecule is CN(CCO)C(=O)c1ccc(-n2cc(NC(=O)c3coc(-c4ccncc4)n3)c(C(F)F)n2)cc1. The minimum Gasteiger partial charge on any atom is -0.444 e. The molecule has 0 aliphatic rings. The molecule has 2 N–H and O–H groups in total. The van der Waals surface area contributed by atoms with Crippen molar-refractivity contribution in [2.45, 2.75) is 6.43 Å². The van der Waals surface area contributed by atoms with Gasteiger partial charge in [0.2, 0.25) is 5.89 Å². The zero-order valence-corrected chi connectivity index (χ0v) is 18.4. The third-order valence-electron chi connectivity index (χ3n) is 5.02. The Morgan fingerprint density at radius 2 is 1.89 bits per heavy atom. The number of pyridine rings is 1.